The normalized spacial score (nSPS) is 19.0. The molecule has 5 heterocycles. The van der Waals surface area contributed by atoms with Gasteiger partial charge in [-0.1, -0.05) is 60.7 Å². The SMILES string of the molecule is Cc1sc2c(c1C)C(c1ccc(NCC3CCN(CCOc4ccc([C@@H]5c6ccc(O)cc6CC[C@@H]5c5ccccc5)cc4)CC3)cc1)=NC(Cc1ncco1)c1nnc(C)n1-2. The number of hydrogen-bond donors (Lipinski definition) is 2. The molecule has 1 saturated heterocycles. The summed E-state index contributed by atoms with van der Waals surface area (Å²) >= 11 is 1.77. The molecule has 2 aliphatic heterocycles. The number of anilines is 1. The Bertz CT molecular complexity index is 2660. The van der Waals surface area contributed by atoms with Crippen molar-refractivity contribution in [2.45, 2.75) is 70.8 Å². The number of thiophene rings is 1. The van der Waals surface area contributed by atoms with Gasteiger partial charge in [-0.15, -0.1) is 21.5 Å². The highest BCUT2D eigenvalue weighted by Gasteiger charge is 2.34. The number of likely N-dealkylation sites (tertiary alicyclic amines) is 1. The van der Waals surface area contributed by atoms with E-state index in [0.717, 1.165) is 96.8 Å². The van der Waals surface area contributed by atoms with Gasteiger partial charge in [-0.3, -0.25) is 14.5 Å². The van der Waals surface area contributed by atoms with Crippen LogP contribution in [0.5, 0.6) is 11.5 Å². The highest BCUT2D eigenvalue weighted by molar-refractivity contribution is 7.15. The lowest BCUT2D eigenvalue weighted by Crippen LogP contribution is -2.38. The molecule has 316 valence electrons. The maximum absolute atomic E-state index is 10.2. The van der Waals surface area contributed by atoms with E-state index in [4.69, 9.17) is 14.1 Å². The Kier molecular flexibility index (Phi) is 11.2. The number of aliphatic imine (C=N–C) groups is 1. The van der Waals surface area contributed by atoms with Crippen LogP contribution in [0, 0.1) is 26.7 Å². The molecule has 3 atom stereocenters. The lowest BCUT2D eigenvalue weighted by molar-refractivity contribution is 0.158. The van der Waals surface area contributed by atoms with Crippen molar-refractivity contribution < 1.29 is 14.3 Å². The van der Waals surface area contributed by atoms with Gasteiger partial charge in [-0.2, -0.15) is 0 Å². The standard InChI is InChI=1S/C51H53N7O3S/c1-32-33(2)62-51-47(32)49(54-45(30-46-52-23-27-61-46)50-56-55-34(3)58(50)51)38-9-14-40(15-10-38)53-31-35-21-24-57(25-22-35)26-28-60-42-17-11-37(12-18-42)48-43(36-7-5-4-6-8-36)19-13-39-29-41(59)16-20-44(39)48/h4-12,14-18,20,23,27,29,35,43,45,48,53,59H,13,19,21-22,24-26,28,30-31H2,1-3H3/t43-,45?,48+/m1/s1. The van der Waals surface area contributed by atoms with E-state index in [9.17, 15) is 5.11 Å². The third-order valence-corrected chi connectivity index (χ3v) is 14.5. The second-order valence-electron chi connectivity index (χ2n) is 17.1. The van der Waals surface area contributed by atoms with Crippen LogP contribution in [0.15, 0.2) is 119 Å². The van der Waals surface area contributed by atoms with Crippen molar-refractivity contribution in [2.75, 3.05) is 38.1 Å². The zero-order valence-corrected chi connectivity index (χ0v) is 36.4. The average Bonchev–Trinajstić information content (AvgIpc) is 4.01. The van der Waals surface area contributed by atoms with E-state index in [1.807, 2.05) is 19.1 Å². The summed E-state index contributed by atoms with van der Waals surface area (Å²) in [5.74, 6) is 4.78. The van der Waals surface area contributed by atoms with Gasteiger partial charge in [0.05, 0.1) is 18.3 Å². The van der Waals surface area contributed by atoms with E-state index in [2.05, 4.69) is 129 Å². The van der Waals surface area contributed by atoms with Gasteiger partial charge in [0.15, 0.2) is 11.7 Å². The molecule has 1 fully saturated rings. The van der Waals surface area contributed by atoms with E-state index in [0.29, 0.717) is 36.5 Å². The summed E-state index contributed by atoms with van der Waals surface area (Å²) in [7, 11) is 0. The van der Waals surface area contributed by atoms with Crippen LogP contribution in [0.4, 0.5) is 5.69 Å². The van der Waals surface area contributed by atoms with Crippen molar-refractivity contribution in [2.24, 2.45) is 10.9 Å². The number of aryl methyl sites for hydroxylation is 3. The van der Waals surface area contributed by atoms with Crippen LogP contribution in [0.3, 0.4) is 0 Å². The number of phenolic OH excluding ortho intramolecular Hbond substituents is 1. The zero-order valence-electron chi connectivity index (χ0n) is 35.6. The molecule has 0 saturated carbocycles. The minimum atomic E-state index is -0.289. The topological polar surface area (TPSA) is 114 Å². The Morgan fingerprint density at radius 3 is 2.47 bits per heavy atom. The molecule has 10 nitrogen and oxygen atoms in total. The van der Waals surface area contributed by atoms with Gasteiger partial charge >= 0.3 is 0 Å². The van der Waals surface area contributed by atoms with Crippen LogP contribution in [0.1, 0.15) is 98.5 Å². The molecular formula is C51H53N7O3S. The monoisotopic (exact) mass is 843 g/mol. The van der Waals surface area contributed by atoms with Crippen LogP contribution in [0.2, 0.25) is 0 Å². The Morgan fingerprint density at radius 2 is 1.69 bits per heavy atom. The highest BCUT2D eigenvalue weighted by atomic mass is 32.1. The second-order valence-corrected chi connectivity index (χ2v) is 18.3. The predicted octanol–water partition coefficient (Wildman–Crippen LogP) is 10.1. The predicted molar refractivity (Wildman–Crippen MR) is 246 cm³/mol. The number of benzene rings is 4. The van der Waals surface area contributed by atoms with E-state index in [1.165, 1.54) is 32.7 Å². The first kappa shape index (κ1) is 40.1. The molecule has 0 radical (unpaired) electrons. The summed E-state index contributed by atoms with van der Waals surface area (Å²) in [4.78, 5) is 13.6. The molecule has 0 spiro atoms. The molecule has 11 heteroatoms. The Labute approximate surface area is 367 Å². The number of ether oxygens (including phenoxy) is 1. The largest absolute Gasteiger partial charge is 0.508 e. The molecule has 1 aliphatic carbocycles. The maximum Gasteiger partial charge on any atom is 0.196 e. The second kappa shape index (κ2) is 17.4. The van der Waals surface area contributed by atoms with Gasteiger partial charge in [-0.25, -0.2) is 4.98 Å². The lowest BCUT2D eigenvalue weighted by Gasteiger charge is -2.35. The first-order valence-corrected chi connectivity index (χ1v) is 22.8. The van der Waals surface area contributed by atoms with Crippen molar-refractivity contribution >= 4 is 22.7 Å². The average molecular weight is 844 g/mol. The van der Waals surface area contributed by atoms with Crippen molar-refractivity contribution in [1.29, 1.82) is 0 Å². The van der Waals surface area contributed by atoms with Crippen molar-refractivity contribution in [3.8, 4) is 16.5 Å². The van der Waals surface area contributed by atoms with Gasteiger partial charge in [0.1, 0.15) is 41.2 Å². The Morgan fingerprint density at radius 1 is 0.887 bits per heavy atom. The maximum atomic E-state index is 10.2. The highest BCUT2D eigenvalue weighted by Crippen LogP contribution is 2.47. The summed E-state index contributed by atoms with van der Waals surface area (Å²) in [5.41, 5.74) is 10.8. The molecule has 62 heavy (non-hydrogen) atoms. The number of oxazole rings is 1. The van der Waals surface area contributed by atoms with Gasteiger partial charge in [0.2, 0.25) is 0 Å². The van der Waals surface area contributed by atoms with Gasteiger partial charge < -0.3 is 19.6 Å². The first-order chi connectivity index (χ1) is 30.4. The van der Waals surface area contributed by atoms with E-state index in [1.54, 1.807) is 23.8 Å². The number of aromatic nitrogens is 4. The minimum Gasteiger partial charge on any atom is -0.508 e. The van der Waals surface area contributed by atoms with Gasteiger partial charge in [0, 0.05) is 40.7 Å². The minimum absolute atomic E-state index is 0.232. The summed E-state index contributed by atoms with van der Waals surface area (Å²) in [6.45, 7) is 11.1. The molecule has 2 N–H and O–H groups in total. The lowest BCUT2D eigenvalue weighted by atomic mass is 9.69. The van der Waals surface area contributed by atoms with Crippen molar-refractivity contribution in [3.63, 3.8) is 0 Å². The summed E-state index contributed by atoms with van der Waals surface area (Å²) in [6, 6.07) is 34.0. The number of piperidine rings is 1. The van der Waals surface area contributed by atoms with Crippen LogP contribution < -0.4 is 10.1 Å². The number of aromatic hydroxyl groups is 1. The molecule has 7 aromatic rings. The summed E-state index contributed by atoms with van der Waals surface area (Å²) in [6.07, 6.45) is 8.13. The van der Waals surface area contributed by atoms with E-state index >= 15 is 0 Å². The fourth-order valence-corrected chi connectivity index (χ4v) is 11.0. The number of hydrogen-bond acceptors (Lipinski definition) is 10. The summed E-state index contributed by atoms with van der Waals surface area (Å²) < 4.78 is 14.1. The van der Waals surface area contributed by atoms with Crippen LogP contribution in [-0.4, -0.2) is 68.3 Å². The smallest absolute Gasteiger partial charge is 0.196 e. The number of nitrogens with one attached hydrogen (secondary N) is 1. The number of fused-ring (bicyclic) bond motifs is 4. The van der Waals surface area contributed by atoms with Gasteiger partial charge in [0.25, 0.3) is 0 Å². The fraction of sp³-hybridized carbons (Fsp3) is 0.333. The molecule has 3 aromatic heterocycles. The van der Waals surface area contributed by atoms with E-state index in [-0.39, 0.29) is 12.0 Å². The first-order valence-electron chi connectivity index (χ1n) is 22.0. The number of phenols is 1. The van der Waals surface area contributed by atoms with Crippen molar-refractivity contribution in [1.82, 2.24) is 24.6 Å². The molecule has 1 unspecified atom stereocenters. The van der Waals surface area contributed by atoms with Gasteiger partial charge in [-0.05, 0) is 136 Å². The molecular weight excluding hydrogens is 791 g/mol. The molecule has 10 rings (SSSR count). The summed E-state index contributed by atoms with van der Waals surface area (Å²) in [5, 5.41) is 24.1. The number of nitrogens with zero attached hydrogens (tertiary/aromatic N) is 6. The number of rotatable bonds is 12. The molecule has 0 bridgehead atoms. The molecule has 0 amide bonds. The zero-order chi connectivity index (χ0) is 42.2. The van der Waals surface area contributed by atoms with Crippen LogP contribution >= 0.6 is 11.3 Å². The van der Waals surface area contributed by atoms with Crippen LogP contribution in [0.25, 0.3) is 5.00 Å². The quantitative estimate of drug-likeness (QED) is 0.125. The fourth-order valence-electron chi connectivity index (χ4n) is 9.81. The molecule has 3 aliphatic rings. The Hall–Kier alpha value is -6.04. The Balaban J connectivity index is 0.733. The third-order valence-electron chi connectivity index (χ3n) is 13.3. The van der Waals surface area contributed by atoms with Crippen molar-refractivity contribution in [3.05, 3.63) is 171 Å². The van der Waals surface area contributed by atoms with Crippen LogP contribution in [-0.2, 0) is 12.8 Å². The van der Waals surface area contributed by atoms with E-state index < -0.39 is 0 Å². The third kappa shape index (κ3) is 8.07. The molecule has 4 aromatic carbocycles.